The van der Waals surface area contributed by atoms with Gasteiger partial charge in [0.1, 0.15) is 11.6 Å². The van der Waals surface area contributed by atoms with Gasteiger partial charge in [-0.15, -0.1) is 0 Å². The normalized spacial score (nSPS) is 26.8. The van der Waals surface area contributed by atoms with E-state index in [1.807, 2.05) is 7.05 Å². The molecule has 4 rings (SSSR count). The largest absolute Gasteiger partial charge is 0.460 e. The lowest BCUT2D eigenvalue weighted by atomic mass is 9.90. The number of benzene rings is 1. The minimum absolute atomic E-state index is 0.0357. The Morgan fingerprint density at radius 1 is 1.33 bits per heavy atom. The summed E-state index contributed by atoms with van der Waals surface area (Å²) in [6.45, 7) is 2.07. The molecular weight excluding hydrogens is 262 g/mol. The van der Waals surface area contributed by atoms with Crippen molar-refractivity contribution < 1.29 is 4.74 Å². The van der Waals surface area contributed by atoms with Crippen LogP contribution >= 0.6 is 0 Å². The molecule has 0 radical (unpaired) electrons. The summed E-state index contributed by atoms with van der Waals surface area (Å²) in [6.07, 6.45) is 6.08. The van der Waals surface area contributed by atoms with E-state index in [0.717, 1.165) is 12.8 Å². The van der Waals surface area contributed by atoms with Crippen LogP contribution in [-0.4, -0.2) is 22.2 Å². The Balaban J connectivity index is 1.80. The lowest BCUT2D eigenvalue weighted by Crippen LogP contribution is -2.36. The fourth-order valence-electron chi connectivity index (χ4n) is 3.63. The summed E-state index contributed by atoms with van der Waals surface area (Å²) in [5, 5.41) is 0. The van der Waals surface area contributed by atoms with Crippen LogP contribution in [0.2, 0.25) is 0 Å². The summed E-state index contributed by atoms with van der Waals surface area (Å²) >= 11 is 0. The molecule has 2 unspecified atom stereocenters. The van der Waals surface area contributed by atoms with E-state index in [-0.39, 0.29) is 11.6 Å². The Morgan fingerprint density at radius 3 is 2.86 bits per heavy atom. The van der Waals surface area contributed by atoms with E-state index in [1.54, 1.807) is 0 Å². The second-order valence-corrected chi connectivity index (χ2v) is 6.18. The third-order valence-corrected chi connectivity index (χ3v) is 4.78. The van der Waals surface area contributed by atoms with Gasteiger partial charge in [-0.1, -0.05) is 18.2 Å². The highest BCUT2D eigenvalue weighted by Gasteiger charge is 2.48. The number of aliphatic imine (C=N–C) groups is 1. The van der Waals surface area contributed by atoms with Gasteiger partial charge in [-0.25, -0.2) is 4.99 Å². The maximum Gasteiger partial charge on any atom is 0.282 e. The summed E-state index contributed by atoms with van der Waals surface area (Å²) in [5.41, 5.74) is 10.9. The summed E-state index contributed by atoms with van der Waals surface area (Å²) in [5.74, 6) is 0. The Labute approximate surface area is 124 Å². The monoisotopic (exact) mass is 281 g/mol. The van der Waals surface area contributed by atoms with Crippen LogP contribution in [-0.2, 0) is 24.6 Å². The maximum atomic E-state index is 5.79. The minimum atomic E-state index is -0.211. The van der Waals surface area contributed by atoms with Crippen molar-refractivity contribution >= 4 is 6.02 Å². The van der Waals surface area contributed by atoms with Crippen molar-refractivity contribution in [3.05, 3.63) is 47.8 Å². The van der Waals surface area contributed by atoms with Crippen LogP contribution in [0.1, 0.15) is 18.1 Å². The summed E-state index contributed by atoms with van der Waals surface area (Å²) in [7, 11) is 2.05. The van der Waals surface area contributed by atoms with Crippen LogP contribution < -0.4 is 5.73 Å². The van der Waals surface area contributed by atoms with Crippen molar-refractivity contribution in [3.8, 4) is 11.1 Å². The van der Waals surface area contributed by atoms with Gasteiger partial charge in [0.25, 0.3) is 6.02 Å². The molecule has 2 atom stereocenters. The number of aromatic nitrogens is 1. The van der Waals surface area contributed by atoms with Gasteiger partial charge >= 0.3 is 0 Å². The topological polar surface area (TPSA) is 52.5 Å². The van der Waals surface area contributed by atoms with Crippen LogP contribution in [0, 0.1) is 0 Å². The Kier molecular flexibility index (Phi) is 2.46. The number of aryl methyl sites for hydroxylation is 1. The summed E-state index contributed by atoms with van der Waals surface area (Å²) in [4.78, 5) is 4.62. The first-order valence-corrected chi connectivity index (χ1v) is 7.32. The fourth-order valence-corrected chi connectivity index (χ4v) is 3.63. The zero-order valence-corrected chi connectivity index (χ0v) is 12.3. The van der Waals surface area contributed by atoms with E-state index >= 15 is 0 Å². The Hall–Kier alpha value is -2.23. The van der Waals surface area contributed by atoms with E-state index in [4.69, 9.17) is 10.5 Å². The SMILES string of the molecule is CC1OC(N)=NC12Cc1cccc(-c3ccn(C)c3)c1C2. The second kappa shape index (κ2) is 4.13. The standard InChI is InChI=1S/C17H19N3O/c1-11-17(19-16(18)21-11)8-12-4-3-5-14(15(12)9-17)13-6-7-20(2)10-13/h3-7,10-11H,8-9H2,1-2H3,(H2,18,19). The van der Waals surface area contributed by atoms with Crippen LogP contribution in [0.5, 0.6) is 0 Å². The van der Waals surface area contributed by atoms with E-state index in [2.05, 4.69) is 53.1 Å². The molecule has 2 aliphatic rings. The zero-order chi connectivity index (χ0) is 14.6. The van der Waals surface area contributed by atoms with E-state index in [9.17, 15) is 0 Å². The number of hydrogen-bond acceptors (Lipinski definition) is 3. The van der Waals surface area contributed by atoms with E-state index in [0.29, 0.717) is 6.02 Å². The Morgan fingerprint density at radius 2 is 2.19 bits per heavy atom. The average Bonchev–Trinajstić information content (AvgIpc) is 3.08. The molecule has 2 heterocycles. The molecule has 0 saturated heterocycles. The quantitative estimate of drug-likeness (QED) is 0.871. The third-order valence-electron chi connectivity index (χ3n) is 4.78. The molecule has 1 aliphatic heterocycles. The lowest BCUT2D eigenvalue weighted by molar-refractivity contribution is 0.157. The van der Waals surface area contributed by atoms with Crippen molar-refractivity contribution in [2.75, 3.05) is 0 Å². The molecular formula is C17H19N3O. The van der Waals surface area contributed by atoms with Crippen molar-refractivity contribution in [1.29, 1.82) is 0 Å². The molecule has 1 aromatic heterocycles. The van der Waals surface area contributed by atoms with Gasteiger partial charge in [0.2, 0.25) is 0 Å². The number of fused-ring (bicyclic) bond motifs is 1. The van der Waals surface area contributed by atoms with Gasteiger partial charge < -0.3 is 15.0 Å². The van der Waals surface area contributed by atoms with Crippen molar-refractivity contribution in [2.45, 2.75) is 31.4 Å². The molecule has 21 heavy (non-hydrogen) atoms. The number of rotatable bonds is 1. The first kappa shape index (κ1) is 12.5. The van der Waals surface area contributed by atoms with Crippen molar-refractivity contribution in [2.24, 2.45) is 17.8 Å². The number of nitrogens with zero attached hydrogens (tertiary/aromatic N) is 2. The van der Waals surface area contributed by atoms with Crippen LogP contribution in [0.25, 0.3) is 11.1 Å². The van der Waals surface area contributed by atoms with Crippen LogP contribution in [0.15, 0.2) is 41.7 Å². The number of ether oxygens (including phenoxy) is 1. The second-order valence-electron chi connectivity index (χ2n) is 6.18. The highest BCUT2D eigenvalue weighted by Crippen LogP contribution is 2.43. The molecule has 4 heteroatoms. The molecule has 108 valence electrons. The highest BCUT2D eigenvalue weighted by atomic mass is 16.5. The number of hydrogen-bond donors (Lipinski definition) is 1. The molecule has 2 aromatic rings. The van der Waals surface area contributed by atoms with Gasteiger partial charge in [-0.05, 0) is 35.2 Å². The van der Waals surface area contributed by atoms with Crippen molar-refractivity contribution in [1.82, 2.24) is 4.57 Å². The summed E-state index contributed by atoms with van der Waals surface area (Å²) in [6, 6.07) is 9.02. The maximum absolute atomic E-state index is 5.79. The molecule has 0 amide bonds. The molecule has 2 N–H and O–H groups in total. The van der Waals surface area contributed by atoms with Crippen LogP contribution in [0.4, 0.5) is 0 Å². The first-order chi connectivity index (χ1) is 10.1. The minimum Gasteiger partial charge on any atom is -0.460 e. The predicted molar refractivity (Wildman–Crippen MR) is 83.2 cm³/mol. The highest BCUT2D eigenvalue weighted by molar-refractivity contribution is 5.76. The van der Waals surface area contributed by atoms with Crippen molar-refractivity contribution in [3.63, 3.8) is 0 Å². The number of amidine groups is 1. The van der Waals surface area contributed by atoms with E-state index in [1.165, 1.54) is 22.3 Å². The smallest absolute Gasteiger partial charge is 0.282 e. The molecule has 1 aliphatic carbocycles. The van der Waals surface area contributed by atoms with Gasteiger partial charge in [0.15, 0.2) is 0 Å². The predicted octanol–water partition coefficient (Wildman–Crippen LogP) is 2.26. The lowest BCUT2D eigenvalue weighted by Gasteiger charge is -2.23. The molecule has 0 fully saturated rings. The van der Waals surface area contributed by atoms with Gasteiger partial charge in [0.05, 0.1) is 0 Å². The van der Waals surface area contributed by atoms with Gasteiger partial charge in [-0.2, -0.15) is 0 Å². The zero-order valence-electron chi connectivity index (χ0n) is 12.3. The molecule has 4 nitrogen and oxygen atoms in total. The average molecular weight is 281 g/mol. The van der Waals surface area contributed by atoms with E-state index < -0.39 is 0 Å². The van der Waals surface area contributed by atoms with Gasteiger partial charge in [-0.3, -0.25) is 0 Å². The molecule has 1 spiro atoms. The molecule has 0 bridgehead atoms. The Bertz CT molecular complexity index is 746. The molecule has 1 aromatic carbocycles. The van der Waals surface area contributed by atoms with Crippen LogP contribution in [0.3, 0.4) is 0 Å². The number of nitrogens with two attached hydrogens (primary N) is 1. The molecule has 0 saturated carbocycles. The first-order valence-electron chi connectivity index (χ1n) is 7.32. The van der Waals surface area contributed by atoms with Gasteiger partial charge in [0, 0.05) is 32.3 Å². The summed E-state index contributed by atoms with van der Waals surface area (Å²) < 4.78 is 7.68. The fraction of sp³-hybridized carbons (Fsp3) is 0.353. The third kappa shape index (κ3) is 1.78.